The highest BCUT2D eigenvalue weighted by molar-refractivity contribution is 5.73. The molecule has 2 aliphatic heterocycles. The van der Waals surface area contributed by atoms with Gasteiger partial charge in [0.05, 0.1) is 5.60 Å². The summed E-state index contributed by atoms with van der Waals surface area (Å²) in [6.45, 7) is 7.46. The van der Waals surface area contributed by atoms with Gasteiger partial charge in [-0.1, -0.05) is 0 Å². The van der Waals surface area contributed by atoms with Crippen LogP contribution in [0, 0.1) is 6.92 Å². The molecule has 1 aromatic rings. The SMILES string of the molecule is CC(=O)N1CCC(O)(CN2CC[C@@H](c3nccc(C)n3)C2)CC1. The van der Waals surface area contributed by atoms with Crippen LogP contribution in [-0.2, 0) is 4.79 Å². The van der Waals surface area contributed by atoms with Crippen molar-refractivity contribution in [3.05, 3.63) is 23.8 Å². The molecule has 0 radical (unpaired) electrons. The highest BCUT2D eigenvalue weighted by Gasteiger charge is 2.37. The number of likely N-dealkylation sites (tertiary alicyclic amines) is 2. The summed E-state index contributed by atoms with van der Waals surface area (Å²) >= 11 is 0. The van der Waals surface area contributed by atoms with Gasteiger partial charge in [0.1, 0.15) is 5.82 Å². The topological polar surface area (TPSA) is 69.6 Å². The molecule has 1 amide bonds. The minimum atomic E-state index is -0.672. The number of carbonyl (C=O) groups excluding carboxylic acids is 1. The number of nitrogens with zero attached hydrogens (tertiary/aromatic N) is 4. The maximum atomic E-state index is 11.4. The first-order valence-corrected chi connectivity index (χ1v) is 8.45. The van der Waals surface area contributed by atoms with Crippen molar-refractivity contribution in [2.45, 2.75) is 44.6 Å². The number of aryl methyl sites for hydroxylation is 1. The van der Waals surface area contributed by atoms with Crippen molar-refractivity contribution in [1.29, 1.82) is 0 Å². The second kappa shape index (κ2) is 6.53. The highest BCUT2D eigenvalue weighted by Crippen LogP contribution is 2.29. The zero-order valence-corrected chi connectivity index (χ0v) is 14.0. The van der Waals surface area contributed by atoms with Crippen molar-refractivity contribution in [3.63, 3.8) is 0 Å². The van der Waals surface area contributed by atoms with Gasteiger partial charge in [-0.05, 0) is 38.8 Å². The van der Waals surface area contributed by atoms with Gasteiger partial charge in [0, 0.05) is 50.9 Å². The lowest BCUT2D eigenvalue weighted by atomic mass is 9.91. The predicted octanol–water partition coefficient (Wildman–Crippen LogP) is 0.948. The lowest BCUT2D eigenvalue weighted by Gasteiger charge is -2.40. The fourth-order valence-electron chi connectivity index (χ4n) is 3.66. The van der Waals surface area contributed by atoms with Crippen molar-refractivity contribution >= 4 is 5.91 Å². The molecule has 1 atom stereocenters. The third-order valence-corrected chi connectivity index (χ3v) is 5.11. The average Bonchev–Trinajstić information content (AvgIpc) is 2.95. The van der Waals surface area contributed by atoms with Crippen LogP contribution in [0.15, 0.2) is 12.3 Å². The summed E-state index contributed by atoms with van der Waals surface area (Å²) in [6.07, 6.45) is 4.19. The molecule has 3 heterocycles. The molecule has 0 bridgehead atoms. The largest absolute Gasteiger partial charge is 0.388 e. The average molecular weight is 318 g/mol. The van der Waals surface area contributed by atoms with Crippen LogP contribution in [0.3, 0.4) is 0 Å². The van der Waals surface area contributed by atoms with E-state index < -0.39 is 5.60 Å². The second-order valence-electron chi connectivity index (χ2n) is 7.01. The molecule has 2 aliphatic rings. The number of hydrogen-bond acceptors (Lipinski definition) is 5. The molecule has 2 saturated heterocycles. The quantitative estimate of drug-likeness (QED) is 0.898. The van der Waals surface area contributed by atoms with Crippen LogP contribution in [0.2, 0.25) is 0 Å². The van der Waals surface area contributed by atoms with Gasteiger partial charge in [-0.2, -0.15) is 0 Å². The smallest absolute Gasteiger partial charge is 0.219 e. The van der Waals surface area contributed by atoms with E-state index in [2.05, 4.69) is 14.9 Å². The molecular weight excluding hydrogens is 292 g/mol. The molecule has 0 saturated carbocycles. The number of aliphatic hydroxyl groups is 1. The molecule has 0 aromatic carbocycles. The Hall–Kier alpha value is -1.53. The molecule has 126 valence electrons. The fourth-order valence-corrected chi connectivity index (χ4v) is 3.66. The van der Waals surface area contributed by atoms with Crippen LogP contribution in [0.5, 0.6) is 0 Å². The number of rotatable bonds is 3. The molecule has 23 heavy (non-hydrogen) atoms. The highest BCUT2D eigenvalue weighted by atomic mass is 16.3. The maximum absolute atomic E-state index is 11.4. The lowest BCUT2D eigenvalue weighted by molar-refractivity contribution is -0.133. The Morgan fingerprint density at radius 1 is 1.39 bits per heavy atom. The molecule has 0 aliphatic carbocycles. The Kier molecular flexibility index (Phi) is 4.64. The first-order chi connectivity index (χ1) is 11.0. The Balaban J connectivity index is 1.55. The fraction of sp³-hybridized carbons (Fsp3) is 0.706. The minimum Gasteiger partial charge on any atom is -0.388 e. The van der Waals surface area contributed by atoms with Crippen LogP contribution in [-0.4, -0.2) is 69.1 Å². The first-order valence-electron chi connectivity index (χ1n) is 8.45. The Bertz CT molecular complexity index is 569. The van der Waals surface area contributed by atoms with Gasteiger partial charge in [-0.25, -0.2) is 9.97 Å². The van der Waals surface area contributed by atoms with Crippen LogP contribution in [0.25, 0.3) is 0 Å². The first kappa shape index (κ1) is 16.3. The summed E-state index contributed by atoms with van der Waals surface area (Å²) in [6, 6.07) is 1.92. The van der Waals surface area contributed by atoms with E-state index in [1.165, 1.54) is 0 Å². The van der Waals surface area contributed by atoms with Crippen molar-refractivity contribution < 1.29 is 9.90 Å². The van der Waals surface area contributed by atoms with E-state index in [1.54, 1.807) is 6.92 Å². The zero-order valence-electron chi connectivity index (χ0n) is 14.0. The van der Waals surface area contributed by atoms with Gasteiger partial charge in [0.25, 0.3) is 0 Å². The molecule has 2 fully saturated rings. The van der Waals surface area contributed by atoms with Crippen molar-refractivity contribution in [2.24, 2.45) is 0 Å². The number of β-amino-alcohol motifs (C(OH)–C–C–N with tert-alkyl or cyclic N) is 1. The zero-order chi connectivity index (χ0) is 16.4. The van der Waals surface area contributed by atoms with Crippen molar-refractivity contribution in [1.82, 2.24) is 19.8 Å². The summed E-state index contributed by atoms with van der Waals surface area (Å²) in [5.74, 6) is 1.38. The predicted molar refractivity (Wildman–Crippen MR) is 87.0 cm³/mol. The van der Waals surface area contributed by atoms with Gasteiger partial charge < -0.3 is 10.0 Å². The van der Waals surface area contributed by atoms with Gasteiger partial charge in [0.2, 0.25) is 5.91 Å². The number of piperidine rings is 1. The van der Waals surface area contributed by atoms with Crippen molar-refractivity contribution in [3.8, 4) is 0 Å². The monoisotopic (exact) mass is 318 g/mol. The molecular formula is C17H26N4O2. The maximum Gasteiger partial charge on any atom is 0.219 e. The van der Waals surface area contributed by atoms with Crippen LogP contribution >= 0.6 is 0 Å². The number of aromatic nitrogens is 2. The number of carbonyl (C=O) groups is 1. The van der Waals surface area contributed by atoms with E-state index in [1.807, 2.05) is 24.1 Å². The lowest BCUT2D eigenvalue weighted by Crippen LogP contribution is -2.51. The number of amides is 1. The Morgan fingerprint density at radius 2 is 2.13 bits per heavy atom. The summed E-state index contributed by atoms with van der Waals surface area (Å²) < 4.78 is 0. The molecule has 0 unspecified atom stereocenters. The molecule has 0 spiro atoms. The van der Waals surface area contributed by atoms with Gasteiger partial charge in [-0.15, -0.1) is 0 Å². The van der Waals surface area contributed by atoms with E-state index in [0.717, 1.165) is 31.0 Å². The van der Waals surface area contributed by atoms with E-state index in [9.17, 15) is 9.90 Å². The van der Waals surface area contributed by atoms with Gasteiger partial charge >= 0.3 is 0 Å². The van der Waals surface area contributed by atoms with Gasteiger partial charge in [-0.3, -0.25) is 9.69 Å². The Labute approximate surface area is 137 Å². The summed E-state index contributed by atoms with van der Waals surface area (Å²) in [5, 5.41) is 10.8. The van der Waals surface area contributed by atoms with E-state index in [0.29, 0.717) is 38.4 Å². The minimum absolute atomic E-state index is 0.102. The normalized spacial score (nSPS) is 24.8. The molecule has 6 heteroatoms. The van der Waals surface area contributed by atoms with E-state index in [4.69, 9.17) is 0 Å². The third-order valence-electron chi connectivity index (χ3n) is 5.11. The Morgan fingerprint density at radius 3 is 2.78 bits per heavy atom. The summed E-state index contributed by atoms with van der Waals surface area (Å²) in [4.78, 5) is 24.5. The molecule has 3 rings (SSSR count). The van der Waals surface area contributed by atoms with Gasteiger partial charge in [0.15, 0.2) is 0 Å². The standard InChI is InChI=1S/C17H26N4O2/c1-13-3-7-18-16(19-13)15-4-8-20(11-15)12-17(23)5-9-21(10-6-17)14(2)22/h3,7,15,23H,4-6,8-12H2,1-2H3/t15-/m1/s1. The van der Waals surface area contributed by atoms with Crippen LogP contribution in [0.1, 0.15) is 43.6 Å². The van der Waals surface area contributed by atoms with Crippen LogP contribution < -0.4 is 0 Å². The third kappa shape index (κ3) is 3.87. The van der Waals surface area contributed by atoms with E-state index in [-0.39, 0.29) is 5.91 Å². The molecule has 1 aromatic heterocycles. The molecule has 6 nitrogen and oxygen atoms in total. The number of hydrogen-bond donors (Lipinski definition) is 1. The van der Waals surface area contributed by atoms with Crippen molar-refractivity contribution in [2.75, 3.05) is 32.7 Å². The second-order valence-corrected chi connectivity index (χ2v) is 7.01. The summed E-state index contributed by atoms with van der Waals surface area (Å²) in [7, 11) is 0. The van der Waals surface area contributed by atoms with Crippen LogP contribution in [0.4, 0.5) is 0 Å². The summed E-state index contributed by atoms with van der Waals surface area (Å²) in [5.41, 5.74) is 0.331. The van der Waals surface area contributed by atoms with E-state index >= 15 is 0 Å². The molecule has 1 N–H and O–H groups in total.